The Morgan fingerprint density at radius 3 is 2.50 bits per heavy atom. The molecule has 1 aromatic carbocycles. The summed E-state index contributed by atoms with van der Waals surface area (Å²) in [6.07, 6.45) is 0. The van der Waals surface area contributed by atoms with Crippen molar-refractivity contribution in [1.29, 1.82) is 0 Å². The number of ether oxygens (including phenoxy) is 1. The van der Waals surface area contributed by atoms with Gasteiger partial charge in [0.15, 0.2) is 0 Å². The summed E-state index contributed by atoms with van der Waals surface area (Å²) in [4.78, 5) is 0. The Balaban J connectivity index is 0.00000121. The fourth-order valence-corrected chi connectivity index (χ4v) is 0.920. The maximum Gasteiger partial charge on any atom is 0.142 e. The van der Waals surface area contributed by atoms with Crippen molar-refractivity contribution >= 4 is 18.1 Å². The van der Waals surface area contributed by atoms with E-state index >= 15 is 0 Å². The van der Waals surface area contributed by atoms with E-state index in [0.717, 1.165) is 5.56 Å². The number of phenols is 1. The molecule has 0 fully saturated rings. The molecule has 1 aromatic rings. The third-order valence-electron chi connectivity index (χ3n) is 1.54. The second kappa shape index (κ2) is 4.07. The zero-order valence-electron chi connectivity index (χ0n) is 7.00. The first-order chi connectivity index (χ1) is 5.15. The summed E-state index contributed by atoms with van der Waals surface area (Å²) < 4.78 is 4.97. The molecule has 0 bridgehead atoms. The molecule has 0 heterocycles. The van der Waals surface area contributed by atoms with E-state index in [-0.39, 0.29) is 18.2 Å². The summed E-state index contributed by atoms with van der Waals surface area (Å²) in [6, 6.07) is 3.18. The van der Waals surface area contributed by atoms with Crippen LogP contribution in [-0.2, 0) is 0 Å². The van der Waals surface area contributed by atoms with Crippen LogP contribution in [0.2, 0.25) is 0 Å². The number of halogens is 1. The molecule has 4 heteroatoms. The Labute approximate surface area is 77.6 Å². The van der Waals surface area contributed by atoms with Crippen molar-refractivity contribution in [2.24, 2.45) is 0 Å². The van der Waals surface area contributed by atoms with Gasteiger partial charge < -0.3 is 15.6 Å². The number of rotatable bonds is 1. The quantitative estimate of drug-likeness (QED) is 0.523. The van der Waals surface area contributed by atoms with E-state index < -0.39 is 0 Å². The van der Waals surface area contributed by atoms with Crippen LogP contribution in [-0.4, -0.2) is 12.2 Å². The predicted octanol–water partition coefficient (Wildman–Crippen LogP) is 1.71. The summed E-state index contributed by atoms with van der Waals surface area (Å²) in [6.45, 7) is 1.87. The lowest BCUT2D eigenvalue weighted by Crippen LogP contribution is -1.91. The molecule has 12 heavy (non-hydrogen) atoms. The minimum Gasteiger partial charge on any atom is -0.506 e. The van der Waals surface area contributed by atoms with Gasteiger partial charge in [-0.2, -0.15) is 0 Å². The van der Waals surface area contributed by atoms with Crippen LogP contribution in [0.3, 0.4) is 0 Å². The Bertz CT molecular complexity index is 276. The van der Waals surface area contributed by atoms with Crippen LogP contribution >= 0.6 is 12.4 Å². The van der Waals surface area contributed by atoms with Gasteiger partial charge in [0.05, 0.1) is 12.8 Å². The van der Waals surface area contributed by atoms with E-state index in [2.05, 4.69) is 0 Å². The molecular formula is C8H12ClNO2. The molecule has 0 unspecified atom stereocenters. The molecule has 0 saturated carbocycles. The molecule has 0 aromatic heterocycles. The number of methoxy groups -OCH3 is 1. The Morgan fingerprint density at radius 1 is 1.42 bits per heavy atom. The van der Waals surface area contributed by atoms with E-state index in [1.807, 2.05) is 6.92 Å². The number of hydrogen-bond donors (Lipinski definition) is 2. The molecule has 3 nitrogen and oxygen atoms in total. The monoisotopic (exact) mass is 189 g/mol. The second-order valence-electron chi connectivity index (χ2n) is 2.38. The molecule has 0 aliphatic rings. The van der Waals surface area contributed by atoms with Crippen molar-refractivity contribution in [3.8, 4) is 11.5 Å². The first kappa shape index (κ1) is 10.9. The van der Waals surface area contributed by atoms with Crippen molar-refractivity contribution in [2.45, 2.75) is 6.92 Å². The van der Waals surface area contributed by atoms with Crippen LogP contribution < -0.4 is 10.5 Å². The van der Waals surface area contributed by atoms with E-state index in [4.69, 9.17) is 15.6 Å². The highest BCUT2D eigenvalue weighted by Gasteiger charge is 2.02. The third kappa shape index (κ3) is 1.95. The zero-order valence-corrected chi connectivity index (χ0v) is 7.81. The Hall–Kier alpha value is -1.09. The number of aryl methyl sites for hydroxylation is 1. The van der Waals surface area contributed by atoms with Crippen LogP contribution in [0.25, 0.3) is 0 Å². The van der Waals surface area contributed by atoms with Crippen molar-refractivity contribution in [1.82, 2.24) is 0 Å². The smallest absolute Gasteiger partial charge is 0.142 e. The lowest BCUT2D eigenvalue weighted by Gasteiger charge is -2.06. The van der Waals surface area contributed by atoms with E-state index in [1.165, 1.54) is 6.07 Å². The lowest BCUT2D eigenvalue weighted by molar-refractivity contribution is 0.405. The number of nitrogen functional groups attached to an aromatic ring is 1. The number of hydrogen-bond acceptors (Lipinski definition) is 3. The molecule has 0 aliphatic carbocycles. The van der Waals surface area contributed by atoms with Crippen LogP contribution in [0.4, 0.5) is 5.69 Å². The fraction of sp³-hybridized carbons (Fsp3) is 0.250. The highest BCUT2D eigenvalue weighted by Crippen LogP contribution is 2.28. The topological polar surface area (TPSA) is 55.5 Å². The van der Waals surface area contributed by atoms with Gasteiger partial charge in [-0.3, -0.25) is 0 Å². The average Bonchev–Trinajstić information content (AvgIpc) is 1.97. The molecule has 3 N–H and O–H groups in total. The Kier molecular flexibility index (Phi) is 3.70. The van der Waals surface area contributed by atoms with Crippen LogP contribution in [0.15, 0.2) is 12.1 Å². The van der Waals surface area contributed by atoms with Crippen LogP contribution in [0.1, 0.15) is 5.56 Å². The van der Waals surface area contributed by atoms with Crippen molar-refractivity contribution in [2.75, 3.05) is 12.8 Å². The fourth-order valence-electron chi connectivity index (χ4n) is 0.920. The minimum absolute atomic E-state index is 0. The van der Waals surface area contributed by atoms with Crippen molar-refractivity contribution in [3.63, 3.8) is 0 Å². The van der Waals surface area contributed by atoms with E-state index in [9.17, 15) is 0 Å². The van der Waals surface area contributed by atoms with Gasteiger partial charge in [-0.05, 0) is 18.6 Å². The SMILES string of the molecule is COc1cc(O)c(N)cc1C.Cl. The maximum atomic E-state index is 9.15. The molecule has 0 saturated heterocycles. The average molecular weight is 190 g/mol. The highest BCUT2D eigenvalue weighted by atomic mass is 35.5. The first-order valence-electron chi connectivity index (χ1n) is 3.28. The predicted molar refractivity (Wildman–Crippen MR) is 51.1 cm³/mol. The molecule has 0 atom stereocenters. The molecular weight excluding hydrogens is 178 g/mol. The minimum atomic E-state index is 0. The summed E-state index contributed by atoms with van der Waals surface area (Å²) in [5, 5.41) is 9.15. The van der Waals surface area contributed by atoms with Crippen LogP contribution in [0.5, 0.6) is 11.5 Å². The van der Waals surface area contributed by atoms with Crippen molar-refractivity contribution in [3.05, 3.63) is 17.7 Å². The van der Waals surface area contributed by atoms with Gasteiger partial charge in [-0.25, -0.2) is 0 Å². The van der Waals surface area contributed by atoms with Gasteiger partial charge in [0, 0.05) is 6.07 Å². The van der Waals surface area contributed by atoms with E-state index in [0.29, 0.717) is 11.4 Å². The lowest BCUT2D eigenvalue weighted by atomic mass is 10.2. The van der Waals surface area contributed by atoms with Gasteiger partial charge in [0.2, 0.25) is 0 Å². The first-order valence-corrected chi connectivity index (χ1v) is 3.28. The molecule has 0 radical (unpaired) electrons. The number of aromatic hydroxyl groups is 1. The summed E-state index contributed by atoms with van der Waals surface area (Å²) in [5.41, 5.74) is 6.74. The molecule has 0 amide bonds. The molecule has 0 spiro atoms. The molecule has 0 aliphatic heterocycles. The third-order valence-corrected chi connectivity index (χ3v) is 1.54. The van der Waals surface area contributed by atoms with Crippen molar-refractivity contribution < 1.29 is 9.84 Å². The number of benzene rings is 1. The largest absolute Gasteiger partial charge is 0.506 e. The molecule has 68 valence electrons. The summed E-state index contributed by atoms with van der Waals surface area (Å²) in [7, 11) is 1.55. The normalized spacial score (nSPS) is 8.83. The van der Waals surface area contributed by atoms with Gasteiger partial charge in [0.1, 0.15) is 11.5 Å². The second-order valence-corrected chi connectivity index (χ2v) is 2.38. The zero-order chi connectivity index (χ0) is 8.43. The number of nitrogens with two attached hydrogens (primary N) is 1. The maximum absolute atomic E-state index is 9.15. The van der Waals surface area contributed by atoms with Gasteiger partial charge >= 0.3 is 0 Å². The van der Waals surface area contributed by atoms with Crippen LogP contribution in [0, 0.1) is 6.92 Å². The highest BCUT2D eigenvalue weighted by molar-refractivity contribution is 5.85. The van der Waals surface area contributed by atoms with Gasteiger partial charge in [-0.1, -0.05) is 0 Å². The van der Waals surface area contributed by atoms with Gasteiger partial charge in [0.25, 0.3) is 0 Å². The van der Waals surface area contributed by atoms with Gasteiger partial charge in [-0.15, -0.1) is 12.4 Å². The number of anilines is 1. The summed E-state index contributed by atoms with van der Waals surface area (Å²) in [5.74, 6) is 0.712. The Morgan fingerprint density at radius 2 is 2.00 bits per heavy atom. The standard InChI is InChI=1S/C8H11NO2.ClH/c1-5-3-6(9)7(10)4-8(5)11-2;/h3-4,10H,9H2,1-2H3;1H. The number of phenolic OH excluding ortho intramolecular Hbond substituents is 1. The van der Waals surface area contributed by atoms with E-state index in [1.54, 1.807) is 13.2 Å². The summed E-state index contributed by atoms with van der Waals surface area (Å²) >= 11 is 0. The molecule has 1 rings (SSSR count).